The van der Waals surface area contributed by atoms with E-state index in [9.17, 15) is 0 Å². The second-order valence-electron chi connectivity index (χ2n) is 18.6. The minimum Gasteiger partial charge on any atom is -0.310 e. The summed E-state index contributed by atoms with van der Waals surface area (Å²) >= 11 is 0. The van der Waals surface area contributed by atoms with Gasteiger partial charge in [0.1, 0.15) is 0 Å². The van der Waals surface area contributed by atoms with Gasteiger partial charge in [0, 0.05) is 50.6 Å². The van der Waals surface area contributed by atoms with Crippen molar-refractivity contribution in [2.75, 3.05) is 9.80 Å². The second-order valence-corrected chi connectivity index (χ2v) is 18.6. The highest BCUT2D eigenvalue weighted by atomic mass is 15.2. The Labute approximate surface area is 426 Å². The third-order valence-electron chi connectivity index (χ3n) is 14.1. The summed E-state index contributed by atoms with van der Waals surface area (Å²) in [6.07, 6.45) is 0. The maximum absolute atomic E-state index is 2.44. The molecule has 0 amide bonds. The number of benzene rings is 12. The zero-order chi connectivity index (χ0) is 48.5. The first-order valence-corrected chi connectivity index (χ1v) is 25.0. The van der Waals surface area contributed by atoms with Crippen LogP contribution in [0.5, 0.6) is 0 Å². The molecule has 0 radical (unpaired) electrons. The zero-order valence-corrected chi connectivity index (χ0v) is 40.1. The number of hydrogen-bond acceptors (Lipinski definition) is 2. The van der Waals surface area contributed by atoms with Crippen LogP contribution in [0.1, 0.15) is 0 Å². The molecule has 0 spiro atoms. The maximum atomic E-state index is 2.44. The number of rotatable bonds is 11. The Hall–Kier alpha value is -9.70. The molecule has 12 aromatic carbocycles. The molecule has 0 saturated carbocycles. The lowest BCUT2D eigenvalue weighted by molar-refractivity contribution is 1.18. The van der Waals surface area contributed by atoms with Crippen LogP contribution < -0.4 is 9.80 Å². The number of nitrogens with zero attached hydrogens (tertiary/aromatic N) is 3. The lowest BCUT2D eigenvalue weighted by atomic mass is 9.96. The van der Waals surface area contributed by atoms with Crippen LogP contribution in [0.15, 0.2) is 297 Å². The van der Waals surface area contributed by atoms with Gasteiger partial charge < -0.3 is 14.4 Å². The van der Waals surface area contributed by atoms with Crippen molar-refractivity contribution in [2.24, 2.45) is 0 Å². The van der Waals surface area contributed by atoms with E-state index in [0.29, 0.717) is 0 Å². The summed E-state index contributed by atoms with van der Waals surface area (Å²) in [6, 6.07) is 108. The number of hydrogen-bond donors (Lipinski definition) is 0. The molecule has 0 saturated heterocycles. The molecular weight excluding hydrogens is 883 g/mol. The van der Waals surface area contributed by atoms with Crippen LogP contribution in [0.2, 0.25) is 0 Å². The van der Waals surface area contributed by atoms with Gasteiger partial charge in [0.15, 0.2) is 0 Å². The number of aromatic nitrogens is 1. The molecule has 0 fully saturated rings. The molecule has 1 aromatic heterocycles. The standard InChI is InChI=1S/C70H49N3/c1-5-18-50(19-6-1)53-32-38-59(39-33-53)71(60-40-34-54(35-41-60)51-20-7-2-8-21-51)63-46-57(66-30-17-25-56-24-13-14-28-65(56)66)47-64(48-63)72(61-42-36-55(37-43-61)52-22-9-3-10-23-52)62-44-45-70-68(49-62)67-29-15-16-31-69(67)73(70)58-26-11-4-12-27-58/h1-49H. The van der Waals surface area contributed by atoms with Crippen LogP contribution in [0, 0.1) is 0 Å². The van der Waals surface area contributed by atoms with E-state index in [-0.39, 0.29) is 0 Å². The van der Waals surface area contributed by atoms with E-state index in [0.717, 1.165) is 50.9 Å². The Morgan fingerprint density at radius 1 is 0.219 bits per heavy atom. The van der Waals surface area contributed by atoms with Crippen molar-refractivity contribution in [3.63, 3.8) is 0 Å². The number of fused-ring (bicyclic) bond motifs is 4. The average molecular weight is 932 g/mol. The molecule has 0 bridgehead atoms. The van der Waals surface area contributed by atoms with Crippen LogP contribution in [0.25, 0.3) is 82.8 Å². The van der Waals surface area contributed by atoms with Crippen molar-refractivity contribution in [2.45, 2.75) is 0 Å². The normalized spacial score (nSPS) is 11.3. The molecule has 13 aromatic rings. The minimum absolute atomic E-state index is 1.03. The van der Waals surface area contributed by atoms with Crippen molar-refractivity contribution in [1.82, 2.24) is 4.57 Å². The van der Waals surface area contributed by atoms with E-state index in [4.69, 9.17) is 0 Å². The first-order chi connectivity index (χ1) is 36.2. The molecule has 0 N–H and O–H groups in total. The van der Waals surface area contributed by atoms with Crippen molar-refractivity contribution in [3.05, 3.63) is 297 Å². The molecule has 3 heteroatoms. The quantitative estimate of drug-likeness (QED) is 0.128. The van der Waals surface area contributed by atoms with Crippen molar-refractivity contribution < 1.29 is 0 Å². The Morgan fingerprint density at radius 3 is 1.15 bits per heavy atom. The monoisotopic (exact) mass is 931 g/mol. The zero-order valence-electron chi connectivity index (χ0n) is 40.1. The first-order valence-electron chi connectivity index (χ1n) is 25.0. The second kappa shape index (κ2) is 18.9. The first kappa shape index (κ1) is 43.3. The van der Waals surface area contributed by atoms with Crippen LogP contribution >= 0.6 is 0 Å². The minimum atomic E-state index is 1.03. The van der Waals surface area contributed by atoms with Gasteiger partial charge in [-0.05, 0) is 146 Å². The third kappa shape index (κ3) is 8.29. The molecule has 3 nitrogen and oxygen atoms in total. The predicted molar refractivity (Wildman–Crippen MR) is 309 cm³/mol. The summed E-state index contributed by atoms with van der Waals surface area (Å²) in [5, 5.41) is 4.79. The molecule has 344 valence electrons. The Bertz CT molecular complexity index is 3950. The van der Waals surface area contributed by atoms with E-state index in [2.05, 4.69) is 312 Å². The summed E-state index contributed by atoms with van der Waals surface area (Å²) < 4.78 is 2.39. The maximum Gasteiger partial charge on any atom is 0.0542 e. The van der Waals surface area contributed by atoms with Crippen molar-refractivity contribution in [3.8, 4) is 50.2 Å². The lowest BCUT2D eigenvalue weighted by Gasteiger charge is -2.31. The van der Waals surface area contributed by atoms with Gasteiger partial charge in [-0.25, -0.2) is 0 Å². The molecular formula is C70H49N3. The molecule has 0 aliphatic heterocycles. The van der Waals surface area contributed by atoms with Gasteiger partial charge in [-0.15, -0.1) is 0 Å². The van der Waals surface area contributed by atoms with Crippen LogP contribution in [0.4, 0.5) is 34.1 Å². The molecule has 0 unspecified atom stereocenters. The van der Waals surface area contributed by atoms with Gasteiger partial charge in [0.25, 0.3) is 0 Å². The van der Waals surface area contributed by atoms with Gasteiger partial charge in [-0.1, -0.05) is 206 Å². The summed E-state index contributed by atoms with van der Waals surface area (Å²) in [7, 11) is 0. The fraction of sp³-hybridized carbons (Fsp3) is 0. The van der Waals surface area contributed by atoms with Gasteiger partial charge in [-0.3, -0.25) is 0 Å². The van der Waals surface area contributed by atoms with Gasteiger partial charge in [-0.2, -0.15) is 0 Å². The Morgan fingerprint density at radius 2 is 0.616 bits per heavy atom. The highest BCUT2D eigenvalue weighted by molar-refractivity contribution is 6.11. The summed E-state index contributed by atoms with van der Waals surface area (Å²) in [5.41, 5.74) is 19.1. The van der Waals surface area contributed by atoms with E-state index in [1.54, 1.807) is 0 Å². The van der Waals surface area contributed by atoms with Crippen LogP contribution in [0.3, 0.4) is 0 Å². The Balaban J connectivity index is 1.06. The largest absolute Gasteiger partial charge is 0.310 e. The Kier molecular flexibility index (Phi) is 11.2. The summed E-state index contributed by atoms with van der Waals surface area (Å²) in [6.45, 7) is 0. The molecule has 0 aliphatic rings. The van der Waals surface area contributed by atoms with Gasteiger partial charge >= 0.3 is 0 Å². The van der Waals surface area contributed by atoms with E-state index >= 15 is 0 Å². The smallest absolute Gasteiger partial charge is 0.0542 e. The molecule has 13 rings (SSSR count). The number of para-hydroxylation sites is 2. The van der Waals surface area contributed by atoms with E-state index in [1.807, 2.05) is 0 Å². The fourth-order valence-electron chi connectivity index (χ4n) is 10.6. The van der Waals surface area contributed by atoms with Gasteiger partial charge in [0.2, 0.25) is 0 Å². The van der Waals surface area contributed by atoms with Crippen LogP contribution in [-0.4, -0.2) is 4.57 Å². The summed E-state index contributed by atoms with van der Waals surface area (Å²) in [4.78, 5) is 4.85. The summed E-state index contributed by atoms with van der Waals surface area (Å²) in [5.74, 6) is 0. The fourth-order valence-corrected chi connectivity index (χ4v) is 10.6. The van der Waals surface area contributed by atoms with Crippen molar-refractivity contribution in [1.29, 1.82) is 0 Å². The van der Waals surface area contributed by atoms with Crippen LogP contribution in [-0.2, 0) is 0 Å². The number of anilines is 6. The highest BCUT2D eigenvalue weighted by Crippen LogP contribution is 2.46. The van der Waals surface area contributed by atoms with E-state index < -0.39 is 0 Å². The lowest BCUT2D eigenvalue weighted by Crippen LogP contribution is -2.14. The SMILES string of the molecule is c1ccc(-c2ccc(N(c3ccc(-c4ccccc4)cc3)c3cc(-c4cccc5ccccc45)cc(N(c4ccc(-c5ccccc5)cc4)c4ccc5c(c4)c4ccccc4n5-c4ccccc4)c3)cc2)cc1. The average Bonchev–Trinajstić information content (AvgIpc) is 3.80. The molecule has 73 heavy (non-hydrogen) atoms. The molecule has 1 heterocycles. The van der Waals surface area contributed by atoms with E-state index in [1.165, 1.54) is 66.0 Å². The van der Waals surface area contributed by atoms with Crippen molar-refractivity contribution >= 4 is 66.7 Å². The highest BCUT2D eigenvalue weighted by Gasteiger charge is 2.22. The molecule has 0 aliphatic carbocycles. The topological polar surface area (TPSA) is 11.4 Å². The third-order valence-corrected chi connectivity index (χ3v) is 14.1. The predicted octanol–water partition coefficient (Wildman–Crippen LogP) is 19.5. The van der Waals surface area contributed by atoms with Gasteiger partial charge in [0.05, 0.1) is 11.0 Å². The molecule has 0 atom stereocenters.